The Kier molecular flexibility index (Phi) is 11.1. The standard InChI is InChI=1S/C18H40N4/c1-5-19-11-7-12-20-15-17-9-10-18(17)16-22(4)14-8-13-21(3)6-2/h17-20H,5-16H2,1-4H3/p+2. The summed E-state index contributed by atoms with van der Waals surface area (Å²) in [4.78, 5) is 4.95. The van der Waals surface area contributed by atoms with E-state index in [1.807, 2.05) is 0 Å². The molecule has 4 heteroatoms. The number of nitrogens with zero attached hydrogens (tertiary/aromatic N) is 2. The molecule has 132 valence electrons. The molecule has 0 radical (unpaired) electrons. The fourth-order valence-corrected chi connectivity index (χ4v) is 3.21. The monoisotopic (exact) mass is 314 g/mol. The van der Waals surface area contributed by atoms with Crippen LogP contribution in [0.4, 0.5) is 0 Å². The van der Waals surface area contributed by atoms with Crippen molar-refractivity contribution in [1.82, 2.24) is 20.4 Å². The molecule has 2 atom stereocenters. The van der Waals surface area contributed by atoms with Crippen LogP contribution in [-0.4, -0.2) is 76.3 Å². The fraction of sp³-hybridized carbons (Fsp3) is 1.00. The highest BCUT2D eigenvalue weighted by atomic mass is 15.1. The zero-order valence-electron chi connectivity index (χ0n) is 17.5. The molecule has 1 fully saturated rings. The van der Waals surface area contributed by atoms with Crippen LogP contribution in [0, 0.1) is 11.8 Å². The molecule has 0 aromatic rings. The second-order valence-corrected chi connectivity index (χ2v) is 7.02. The molecule has 22 heavy (non-hydrogen) atoms. The lowest BCUT2D eigenvalue weighted by molar-refractivity contribution is 0.119. The number of nitrogens with one attached hydrogen (secondary N) is 2. The summed E-state index contributed by atoms with van der Waals surface area (Å²) in [6.07, 6.45) is 5.40. The Morgan fingerprint density at radius 2 is 1.59 bits per heavy atom. The van der Waals surface area contributed by atoms with Crippen molar-refractivity contribution in [3.8, 4) is 0 Å². The highest BCUT2D eigenvalue weighted by molar-refractivity contribution is 4.84. The van der Waals surface area contributed by atoms with E-state index >= 15 is 0 Å². The van der Waals surface area contributed by atoms with Gasteiger partial charge in [-0.25, -0.2) is 0 Å². The molecule has 0 amide bonds. The Balaban J connectivity index is 0. The third-order valence-corrected chi connectivity index (χ3v) is 5.10. The molecule has 0 aromatic heterocycles. The minimum atomic E-state index is 0. The van der Waals surface area contributed by atoms with Crippen molar-refractivity contribution in [2.45, 2.75) is 39.5 Å². The van der Waals surface area contributed by atoms with E-state index in [9.17, 15) is 0 Å². The molecule has 0 aliphatic heterocycles. The van der Waals surface area contributed by atoms with E-state index in [0.717, 1.165) is 38.0 Å². The molecule has 4 nitrogen and oxygen atoms in total. The first kappa shape index (κ1) is 19.9. The van der Waals surface area contributed by atoms with Crippen LogP contribution in [0.2, 0.25) is 0 Å². The fourth-order valence-electron chi connectivity index (χ4n) is 3.21. The minimum absolute atomic E-state index is 0. The summed E-state index contributed by atoms with van der Waals surface area (Å²) in [5.74, 6) is 1.84. The molecule has 0 heterocycles. The number of hydrogen-bond donors (Lipinski definition) is 2. The van der Waals surface area contributed by atoms with E-state index in [2.05, 4.69) is 48.4 Å². The van der Waals surface area contributed by atoms with E-state index in [1.165, 1.54) is 51.9 Å². The van der Waals surface area contributed by atoms with Gasteiger partial charge in [-0.3, -0.25) is 0 Å². The maximum absolute atomic E-state index is 3.65. The molecule has 2 N–H and O–H groups in total. The normalized spacial score (nSPS) is 21.5. The topological polar surface area (TPSA) is 30.5 Å². The zero-order chi connectivity index (χ0) is 16.2. The van der Waals surface area contributed by atoms with Crippen molar-refractivity contribution < 1.29 is 2.85 Å². The highest BCUT2D eigenvalue weighted by Gasteiger charge is 2.30. The quantitative estimate of drug-likeness (QED) is 0.481. The predicted octanol–water partition coefficient (Wildman–Crippen LogP) is 2.10. The zero-order valence-corrected chi connectivity index (χ0v) is 15.5. The van der Waals surface area contributed by atoms with Gasteiger partial charge in [-0.2, -0.15) is 0 Å². The lowest BCUT2D eigenvalue weighted by Gasteiger charge is -2.39. The molecule has 1 aliphatic carbocycles. The third kappa shape index (κ3) is 8.47. The van der Waals surface area contributed by atoms with Crippen LogP contribution < -0.4 is 10.6 Å². The van der Waals surface area contributed by atoms with Gasteiger partial charge < -0.3 is 20.4 Å². The van der Waals surface area contributed by atoms with Crippen molar-refractivity contribution in [3.05, 3.63) is 0 Å². The second-order valence-electron chi connectivity index (χ2n) is 7.02. The molecule has 1 saturated carbocycles. The van der Waals surface area contributed by atoms with Gasteiger partial charge in [0, 0.05) is 6.54 Å². The van der Waals surface area contributed by atoms with Crippen LogP contribution in [0.25, 0.3) is 0 Å². The molecule has 0 bridgehead atoms. The van der Waals surface area contributed by atoms with Gasteiger partial charge in [0.05, 0.1) is 0 Å². The van der Waals surface area contributed by atoms with Crippen molar-refractivity contribution >= 4 is 0 Å². The Morgan fingerprint density at radius 3 is 2.23 bits per heavy atom. The van der Waals surface area contributed by atoms with E-state index in [0.29, 0.717) is 0 Å². The van der Waals surface area contributed by atoms with Gasteiger partial charge in [-0.15, -0.1) is 0 Å². The van der Waals surface area contributed by atoms with E-state index in [-0.39, 0.29) is 2.85 Å². The van der Waals surface area contributed by atoms with Crippen LogP contribution >= 0.6 is 0 Å². The van der Waals surface area contributed by atoms with Gasteiger partial charge >= 0.3 is 2.85 Å². The van der Waals surface area contributed by atoms with Gasteiger partial charge in [-0.05, 0) is 97.4 Å². The predicted molar refractivity (Wildman–Crippen MR) is 99.8 cm³/mol. The molecular weight excluding hydrogens is 272 g/mol. The van der Waals surface area contributed by atoms with Gasteiger partial charge in [0.25, 0.3) is 0 Å². The molecule has 2 unspecified atom stereocenters. The molecule has 0 saturated heterocycles. The summed E-state index contributed by atoms with van der Waals surface area (Å²) in [5, 5.41) is 7.03. The van der Waals surface area contributed by atoms with Gasteiger partial charge in [0.1, 0.15) is 0 Å². The molecule has 0 spiro atoms. The Labute approximate surface area is 142 Å². The minimum Gasteiger partial charge on any atom is -0.317 e. The summed E-state index contributed by atoms with van der Waals surface area (Å²) >= 11 is 0. The van der Waals surface area contributed by atoms with Crippen LogP contribution in [0.5, 0.6) is 0 Å². The first-order valence-electron chi connectivity index (χ1n) is 9.45. The molecule has 1 aliphatic rings. The Bertz CT molecular complexity index is 269. The summed E-state index contributed by atoms with van der Waals surface area (Å²) in [5.41, 5.74) is 0. The number of hydrogen-bond acceptors (Lipinski definition) is 4. The first-order chi connectivity index (χ1) is 10.7. The van der Waals surface area contributed by atoms with Crippen LogP contribution in [0.15, 0.2) is 0 Å². The average Bonchev–Trinajstić information content (AvgIpc) is 2.50. The summed E-state index contributed by atoms with van der Waals surface area (Å²) in [6.45, 7) is 13.9. The third-order valence-electron chi connectivity index (χ3n) is 5.10. The SMILES string of the molecule is CCNCCCNCC1CCC1CN(C)CCCN(C)CC.[H+].[H+]. The van der Waals surface area contributed by atoms with Crippen LogP contribution in [0.1, 0.15) is 42.4 Å². The molecule has 0 aromatic carbocycles. The first-order valence-corrected chi connectivity index (χ1v) is 9.45. The van der Waals surface area contributed by atoms with Gasteiger partial charge in [-0.1, -0.05) is 13.8 Å². The van der Waals surface area contributed by atoms with E-state index < -0.39 is 0 Å². The van der Waals surface area contributed by atoms with Crippen molar-refractivity contribution in [2.24, 2.45) is 11.8 Å². The average molecular weight is 315 g/mol. The van der Waals surface area contributed by atoms with Crippen LogP contribution in [0.3, 0.4) is 0 Å². The van der Waals surface area contributed by atoms with Crippen molar-refractivity contribution in [2.75, 3.05) is 66.5 Å². The Morgan fingerprint density at radius 1 is 0.909 bits per heavy atom. The van der Waals surface area contributed by atoms with E-state index in [4.69, 9.17) is 0 Å². The molecular formula is C18H42N4+2. The van der Waals surface area contributed by atoms with E-state index in [1.54, 1.807) is 0 Å². The Hall–Kier alpha value is -0.160. The second kappa shape index (κ2) is 12.3. The lowest BCUT2D eigenvalue weighted by Crippen LogP contribution is -2.42. The number of rotatable bonds is 14. The van der Waals surface area contributed by atoms with Crippen molar-refractivity contribution in [1.29, 1.82) is 0 Å². The maximum atomic E-state index is 3.65. The lowest BCUT2D eigenvalue weighted by atomic mass is 9.73. The maximum Gasteiger partial charge on any atom is 1.00 e. The highest BCUT2D eigenvalue weighted by Crippen LogP contribution is 2.34. The van der Waals surface area contributed by atoms with Crippen molar-refractivity contribution in [3.63, 3.8) is 0 Å². The summed E-state index contributed by atoms with van der Waals surface area (Å²) in [6, 6.07) is 0. The molecule has 1 rings (SSSR count). The smallest absolute Gasteiger partial charge is 0.317 e. The van der Waals surface area contributed by atoms with Gasteiger partial charge in [0.15, 0.2) is 0 Å². The summed E-state index contributed by atoms with van der Waals surface area (Å²) in [7, 11) is 4.51. The van der Waals surface area contributed by atoms with Crippen LogP contribution in [-0.2, 0) is 0 Å². The summed E-state index contributed by atoms with van der Waals surface area (Å²) < 4.78 is 0. The van der Waals surface area contributed by atoms with Gasteiger partial charge in [0.2, 0.25) is 0 Å². The largest absolute Gasteiger partial charge is 1.00 e.